The van der Waals surface area contributed by atoms with Crippen LogP contribution < -0.4 is 10.7 Å². The van der Waals surface area contributed by atoms with E-state index in [0.29, 0.717) is 17.0 Å². The van der Waals surface area contributed by atoms with Crippen LogP contribution in [0, 0.1) is 0 Å². The third-order valence-electron chi connectivity index (χ3n) is 3.03. The van der Waals surface area contributed by atoms with E-state index in [2.05, 4.69) is 15.8 Å². The Bertz CT molecular complexity index is 769. The Kier molecular flexibility index (Phi) is 5.09. The van der Waals surface area contributed by atoms with Crippen LogP contribution >= 0.6 is 0 Å². The normalized spacial score (nSPS) is 11.0. The van der Waals surface area contributed by atoms with Crippen LogP contribution in [-0.4, -0.2) is 22.6 Å². The van der Waals surface area contributed by atoms with Crippen LogP contribution in [0.25, 0.3) is 0 Å². The van der Waals surface area contributed by atoms with E-state index in [9.17, 15) is 14.7 Å². The van der Waals surface area contributed by atoms with Crippen molar-refractivity contribution < 1.29 is 14.7 Å². The van der Waals surface area contributed by atoms with Crippen LogP contribution in [0.5, 0.6) is 5.75 Å². The standard InChI is InChI=1S/C17H17N3O3/c1-11(13-5-3-7-15(9-13)18-12(2)21)19-20-17(23)14-6-4-8-16(22)10-14/h3-10,22H,1-2H3,(H,18,21)(H,20,23)/b19-11-. The van der Waals surface area contributed by atoms with E-state index in [1.165, 1.54) is 19.1 Å². The molecule has 0 heterocycles. The number of phenols is 1. The molecule has 0 bridgehead atoms. The molecule has 0 spiro atoms. The first-order valence-electron chi connectivity index (χ1n) is 6.97. The van der Waals surface area contributed by atoms with E-state index in [1.807, 2.05) is 6.07 Å². The van der Waals surface area contributed by atoms with Crippen molar-refractivity contribution in [1.29, 1.82) is 0 Å². The van der Waals surface area contributed by atoms with Crippen molar-refractivity contribution in [2.24, 2.45) is 5.10 Å². The second kappa shape index (κ2) is 7.22. The molecule has 0 aliphatic carbocycles. The Hall–Kier alpha value is -3.15. The van der Waals surface area contributed by atoms with Crippen molar-refractivity contribution in [3.05, 3.63) is 59.7 Å². The summed E-state index contributed by atoms with van der Waals surface area (Å²) < 4.78 is 0. The summed E-state index contributed by atoms with van der Waals surface area (Å²) in [5.74, 6) is -0.562. The lowest BCUT2D eigenvalue weighted by Gasteiger charge is -2.06. The van der Waals surface area contributed by atoms with E-state index < -0.39 is 5.91 Å². The number of anilines is 1. The number of rotatable bonds is 4. The number of hydrogen-bond donors (Lipinski definition) is 3. The van der Waals surface area contributed by atoms with Crippen molar-refractivity contribution in [1.82, 2.24) is 5.43 Å². The van der Waals surface area contributed by atoms with Gasteiger partial charge in [0.15, 0.2) is 0 Å². The van der Waals surface area contributed by atoms with Crippen molar-refractivity contribution in [2.75, 3.05) is 5.32 Å². The molecule has 2 aromatic rings. The monoisotopic (exact) mass is 311 g/mol. The first kappa shape index (κ1) is 16.2. The predicted molar refractivity (Wildman–Crippen MR) is 88.5 cm³/mol. The Morgan fingerprint density at radius 2 is 1.70 bits per heavy atom. The number of carbonyl (C=O) groups is 2. The summed E-state index contributed by atoms with van der Waals surface area (Å²) in [4.78, 5) is 23.0. The summed E-state index contributed by atoms with van der Waals surface area (Å²) in [5.41, 5.74) is 4.76. The minimum atomic E-state index is -0.418. The molecule has 0 fully saturated rings. The molecule has 0 radical (unpaired) electrons. The first-order valence-corrected chi connectivity index (χ1v) is 6.97. The Labute approximate surface area is 133 Å². The second-order valence-corrected chi connectivity index (χ2v) is 4.95. The lowest BCUT2D eigenvalue weighted by atomic mass is 10.1. The Balaban J connectivity index is 2.10. The number of aromatic hydroxyl groups is 1. The molecular formula is C17H17N3O3. The summed E-state index contributed by atoms with van der Waals surface area (Å²) in [6, 6.07) is 13.1. The minimum absolute atomic E-state index is 0.0151. The number of amides is 2. The molecule has 118 valence electrons. The van der Waals surface area contributed by atoms with E-state index in [0.717, 1.165) is 5.56 Å². The van der Waals surface area contributed by atoms with Gasteiger partial charge in [0.2, 0.25) is 5.91 Å². The van der Waals surface area contributed by atoms with Crippen LogP contribution in [0.3, 0.4) is 0 Å². The molecule has 2 amide bonds. The average Bonchev–Trinajstić information content (AvgIpc) is 2.52. The highest BCUT2D eigenvalue weighted by Gasteiger charge is 2.06. The van der Waals surface area contributed by atoms with Crippen molar-refractivity contribution in [3.63, 3.8) is 0 Å². The number of nitrogens with one attached hydrogen (secondary N) is 2. The van der Waals surface area contributed by atoms with E-state index in [4.69, 9.17) is 0 Å². The molecule has 6 nitrogen and oxygen atoms in total. The quantitative estimate of drug-likeness (QED) is 0.598. The SMILES string of the molecule is CC(=O)Nc1cccc(/C(C)=N\NC(=O)c2cccc(O)c2)c1. The molecular weight excluding hydrogens is 294 g/mol. The Morgan fingerprint density at radius 1 is 1.00 bits per heavy atom. The second-order valence-electron chi connectivity index (χ2n) is 4.95. The molecule has 0 atom stereocenters. The summed E-state index contributed by atoms with van der Waals surface area (Å²) in [7, 11) is 0. The molecule has 2 aromatic carbocycles. The summed E-state index contributed by atoms with van der Waals surface area (Å²) in [6.45, 7) is 3.18. The molecule has 0 saturated carbocycles. The van der Waals surface area contributed by atoms with Crippen LogP contribution in [0.4, 0.5) is 5.69 Å². The van der Waals surface area contributed by atoms with Gasteiger partial charge in [-0.2, -0.15) is 5.10 Å². The molecule has 0 aliphatic heterocycles. The minimum Gasteiger partial charge on any atom is -0.508 e. The lowest BCUT2D eigenvalue weighted by Crippen LogP contribution is -2.19. The van der Waals surface area contributed by atoms with Gasteiger partial charge >= 0.3 is 0 Å². The molecule has 23 heavy (non-hydrogen) atoms. The van der Waals surface area contributed by atoms with Crippen molar-refractivity contribution in [3.8, 4) is 5.75 Å². The highest BCUT2D eigenvalue weighted by molar-refractivity contribution is 6.02. The Morgan fingerprint density at radius 3 is 2.39 bits per heavy atom. The lowest BCUT2D eigenvalue weighted by molar-refractivity contribution is -0.114. The van der Waals surface area contributed by atoms with E-state index >= 15 is 0 Å². The summed E-state index contributed by atoms with van der Waals surface area (Å²) in [5, 5.41) is 16.1. The topological polar surface area (TPSA) is 90.8 Å². The van der Waals surface area contributed by atoms with Gasteiger partial charge in [0.1, 0.15) is 5.75 Å². The van der Waals surface area contributed by atoms with Crippen LogP contribution in [0.15, 0.2) is 53.6 Å². The fourth-order valence-corrected chi connectivity index (χ4v) is 1.94. The zero-order valence-electron chi connectivity index (χ0n) is 12.8. The molecule has 2 rings (SSSR count). The molecule has 0 aliphatic rings. The van der Waals surface area contributed by atoms with Gasteiger partial charge in [-0.25, -0.2) is 5.43 Å². The number of benzene rings is 2. The smallest absolute Gasteiger partial charge is 0.271 e. The number of hydrogen-bond acceptors (Lipinski definition) is 4. The summed E-state index contributed by atoms with van der Waals surface area (Å²) in [6.07, 6.45) is 0. The highest BCUT2D eigenvalue weighted by Crippen LogP contribution is 2.12. The summed E-state index contributed by atoms with van der Waals surface area (Å²) >= 11 is 0. The highest BCUT2D eigenvalue weighted by atomic mass is 16.3. The van der Waals surface area contributed by atoms with Gasteiger partial charge in [-0.05, 0) is 42.8 Å². The number of hydrazone groups is 1. The zero-order valence-corrected chi connectivity index (χ0v) is 12.8. The van der Waals surface area contributed by atoms with Gasteiger partial charge in [0.05, 0.1) is 5.71 Å². The van der Waals surface area contributed by atoms with Gasteiger partial charge in [0, 0.05) is 18.2 Å². The maximum Gasteiger partial charge on any atom is 0.271 e. The largest absolute Gasteiger partial charge is 0.508 e. The van der Waals surface area contributed by atoms with E-state index in [1.54, 1.807) is 37.3 Å². The fraction of sp³-hybridized carbons (Fsp3) is 0.118. The van der Waals surface area contributed by atoms with Gasteiger partial charge in [-0.15, -0.1) is 0 Å². The van der Waals surface area contributed by atoms with E-state index in [-0.39, 0.29) is 11.7 Å². The molecule has 0 aromatic heterocycles. The predicted octanol–water partition coefficient (Wildman–Crippen LogP) is 2.50. The molecule has 3 N–H and O–H groups in total. The molecule has 0 unspecified atom stereocenters. The third kappa shape index (κ3) is 4.67. The van der Waals surface area contributed by atoms with Gasteiger partial charge in [-0.1, -0.05) is 18.2 Å². The van der Waals surface area contributed by atoms with Crippen molar-refractivity contribution in [2.45, 2.75) is 13.8 Å². The number of carbonyl (C=O) groups excluding carboxylic acids is 2. The number of nitrogens with zero attached hydrogens (tertiary/aromatic N) is 1. The van der Waals surface area contributed by atoms with Crippen molar-refractivity contribution >= 4 is 23.2 Å². The average molecular weight is 311 g/mol. The fourth-order valence-electron chi connectivity index (χ4n) is 1.94. The molecule has 6 heteroatoms. The maximum absolute atomic E-state index is 12.0. The third-order valence-corrected chi connectivity index (χ3v) is 3.03. The van der Waals surface area contributed by atoms with Crippen LogP contribution in [-0.2, 0) is 4.79 Å². The maximum atomic E-state index is 12.0. The zero-order chi connectivity index (χ0) is 16.8. The van der Waals surface area contributed by atoms with Gasteiger partial charge < -0.3 is 10.4 Å². The van der Waals surface area contributed by atoms with Crippen LogP contribution in [0.1, 0.15) is 29.8 Å². The van der Waals surface area contributed by atoms with Crippen LogP contribution in [0.2, 0.25) is 0 Å². The first-order chi connectivity index (χ1) is 11.0. The van der Waals surface area contributed by atoms with Gasteiger partial charge in [-0.3, -0.25) is 9.59 Å². The molecule has 0 saturated heterocycles. The van der Waals surface area contributed by atoms with Gasteiger partial charge in [0.25, 0.3) is 5.91 Å². The number of phenolic OH excluding ortho intramolecular Hbond substituents is 1.